The van der Waals surface area contributed by atoms with E-state index >= 15 is 0 Å². The van der Waals surface area contributed by atoms with Gasteiger partial charge in [-0.15, -0.1) is 0 Å². The molecule has 0 fully saturated rings. The Bertz CT molecular complexity index is 323. The van der Waals surface area contributed by atoms with Crippen molar-refractivity contribution in [3.8, 4) is 0 Å². The number of benzene rings is 1. The second kappa shape index (κ2) is 4.42. The molecule has 0 aliphatic rings. The molecular formula is C10H12BrNO. The van der Waals surface area contributed by atoms with Crippen molar-refractivity contribution in [3.05, 3.63) is 34.9 Å². The fourth-order valence-electron chi connectivity index (χ4n) is 1.35. The highest BCUT2D eigenvalue weighted by Crippen LogP contribution is 2.18. The largest absolute Gasteiger partial charge is 0.366 e. The fourth-order valence-corrected chi connectivity index (χ4v) is 2.02. The highest BCUT2D eigenvalue weighted by atomic mass is 79.9. The van der Waals surface area contributed by atoms with E-state index in [4.69, 9.17) is 5.73 Å². The molecule has 2 nitrogen and oxygen atoms in total. The predicted octanol–water partition coefficient (Wildman–Crippen LogP) is 2.24. The Morgan fingerprint density at radius 1 is 1.54 bits per heavy atom. The molecule has 0 spiro atoms. The number of alkyl halides is 1. The van der Waals surface area contributed by atoms with E-state index in [0.29, 0.717) is 10.9 Å². The molecule has 2 N–H and O–H groups in total. The van der Waals surface area contributed by atoms with E-state index in [9.17, 15) is 4.79 Å². The minimum atomic E-state index is -0.357. The van der Waals surface area contributed by atoms with Crippen LogP contribution in [0.4, 0.5) is 0 Å². The Kier molecular flexibility index (Phi) is 3.48. The second-order valence-corrected chi connectivity index (χ2v) is 3.36. The lowest BCUT2D eigenvalue weighted by Crippen LogP contribution is -2.14. The van der Waals surface area contributed by atoms with Gasteiger partial charge < -0.3 is 5.73 Å². The number of carbonyl (C=O) groups is 1. The Hall–Kier alpha value is -0.830. The van der Waals surface area contributed by atoms with Crippen LogP contribution in [0.15, 0.2) is 18.2 Å². The Balaban J connectivity index is 3.27. The molecule has 0 aliphatic heterocycles. The van der Waals surface area contributed by atoms with E-state index in [-0.39, 0.29) is 5.91 Å². The third kappa shape index (κ3) is 2.10. The first-order valence-electron chi connectivity index (χ1n) is 4.17. The summed E-state index contributed by atoms with van der Waals surface area (Å²) in [7, 11) is 0. The normalized spacial score (nSPS) is 10.0. The number of hydrogen-bond acceptors (Lipinski definition) is 1. The standard InChI is InChI=1S/C10H12BrNO/c1-2-7-4-3-5-8(10(12)13)9(7)6-11/h3-5H,2,6H2,1H3,(H2,12,13). The van der Waals surface area contributed by atoms with Crippen LogP contribution in [0.2, 0.25) is 0 Å². The summed E-state index contributed by atoms with van der Waals surface area (Å²) in [5, 5.41) is 0.676. The van der Waals surface area contributed by atoms with Crippen LogP contribution in [0.25, 0.3) is 0 Å². The SMILES string of the molecule is CCc1cccc(C(N)=O)c1CBr. The molecule has 1 rings (SSSR count). The van der Waals surface area contributed by atoms with Crippen LogP contribution >= 0.6 is 15.9 Å². The van der Waals surface area contributed by atoms with Crippen molar-refractivity contribution >= 4 is 21.8 Å². The average Bonchev–Trinajstić information content (AvgIpc) is 2.16. The molecule has 0 aromatic heterocycles. The topological polar surface area (TPSA) is 43.1 Å². The molecule has 13 heavy (non-hydrogen) atoms. The van der Waals surface area contributed by atoms with Gasteiger partial charge in [0.05, 0.1) is 0 Å². The summed E-state index contributed by atoms with van der Waals surface area (Å²) in [4.78, 5) is 11.1. The zero-order chi connectivity index (χ0) is 9.84. The van der Waals surface area contributed by atoms with E-state index in [2.05, 4.69) is 22.9 Å². The third-order valence-corrected chi connectivity index (χ3v) is 2.61. The molecule has 3 heteroatoms. The minimum absolute atomic E-state index is 0.357. The third-order valence-electron chi connectivity index (χ3n) is 2.05. The van der Waals surface area contributed by atoms with E-state index in [1.807, 2.05) is 12.1 Å². The summed E-state index contributed by atoms with van der Waals surface area (Å²) in [5.74, 6) is -0.357. The van der Waals surface area contributed by atoms with Crippen molar-refractivity contribution in [2.75, 3.05) is 0 Å². The van der Waals surface area contributed by atoms with Crippen LogP contribution in [0.1, 0.15) is 28.4 Å². The van der Waals surface area contributed by atoms with Gasteiger partial charge >= 0.3 is 0 Å². The predicted molar refractivity (Wildman–Crippen MR) is 57.0 cm³/mol. The highest BCUT2D eigenvalue weighted by molar-refractivity contribution is 9.08. The summed E-state index contributed by atoms with van der Waals surface area (Å²) in [6, 6.07) is 5.65. The molecule has 0 aliphatic carbocycles. The number of carbonyl (C=O) groups excluding carboxylic acids is 1. The Labute approximate surface area is 86.3 Å². The molecule has 1 aromatic carbocycles. The van der Waals surface area contributed by atoms with Crippen molar-refractivity contribution in [1.29, 1.82) is 0 Å². The van der Waals surface area contributed by atoms with Crippen LogP contribution in [-0.4, -0.2) is 5.91 Å². The number of primary amides is 1. The smallest absolute Gasteiger partial charge is 0.249 e. The number of nitrogens with two attached hydrogens (primary N) is 1. The number of amides is 1. The molecule has 70 valence electrons. The summed E-state index contributed by atoms with van der Waals surface area (Å²) in [5.41, 5.74) is 8.06. The van der Waals surface area contributed by atoms with Crippen molar-refractivity contribution in [1.82, 2.24) is 0 Å². The lowest BCUT2D eigenvalue weighted by atomic mass is 10.0. The van der Waals surface area contributed by atoms with Crippen molar-refractivity contribution < 1.29 is 4.79 Å². The molecule has 0 heterocycles. The van der Waals surface area contributed by atoms with E-state index in [1.54, 1.807) is 6.07 Å². The van der Waals surface area contributed by atoms with E-state index in [0.717, 1.165) is 12.0 Å². The number of hydrogen-bond donors (Lipinski definition) is 1. The quantitative estimate of drug-likeness (QED) is 0.811. The van der Waals surface area contributed by atoms with Gasteiger partial charge in [-0.25, -0.2) is 0 Å². The average molecular weight is 242 g/mol. The van der Waals surface area contributed by atoms with E-state index in [1.165, 1.54) is 5.56 Å². The zero-order valence-electron chi connectivity index (χ0n) is 7.51. The maximum absolute atomic E-state index is 11.1. The molecule has 0 radical (unpaired) electrons. The van der Waals surface area contributed by atoms with Crippen LogP contribution in [0, 0.1) is 0 Å². The van der Waals surface area contributed by atoms with Crippen molar-refractivity contribution in [2.45, 2.75) is 18.7 Å². The maximum Gasteiger partial charge on any atom is 0.249 e. The summed E-state index contributed by atoms with van der Waals surface area (Å²) < 4.78 is 0. The van der Waals surface area contributed by atoms with Gasteiger partial charge in [0.25, 0.3) is 0 Å². The van der Waals surface area contributed by atoms with Gasteiger partial charge in [0.2, 0.25) is 5.91 Å². The van der Waals surface area contributed by atoms with E-state index < -0.39 is 0 Å². The minimum Gasteiger partial charge on any atom is -0.366 e. The second-order valence-electron chi connectivity index (χ2n) is 2.79. The molecule has 0 bridgehead atoms. The van der Waals surface area contributed by atoms with Crippen LogP contribution < -0.4 is 5.73 Å². The molecule has 1 aromatic rings. The Morgan fingerprint density at radius 2 is 2.23 bits per heavy atom. The van der Waals surface area contributed by atoms with Crippen LogP contribution in [0.3, 0.4) is 0 Å². The summed E-state index contributed by atoms with van der Waals surface area (Å²) in [6.45, 7) is 2.06. The maximum atomic E-state index is 11.1. The fraction of sp³-hybridized carbons (Fsp3) is 0.300. The van der Waals surface area contributed by atoms with Crippen molar-refractivity contribution in [2.24, 2.45) is 5.73 Å². The molecule has 0 saturated carbocycles. The first-order valence-corrected chi connectivity index (χ1v) is 5.29. The van der Waals surface area contributed by atoms with Gasteiger partial charge in [-0.1, -0.05) is 35.0 Å². The monoisotopic (exact) mass is 241 g/mol. The first kappa shape index (κ1) is 10.3. The van der Waals surface area contributed by atoms with Crippen molar-refractivity contribution in [3.63, 3.8) is 0 Å². The highest BCUT2D eigenvalue weighted by Gasteiger charge is 2.09. The van der Waals surface area contributed by atoms with Gasteiger partial charge in [0.1, 0.15) is 0 Å². The molecular weight excluding hydrogens is 230 g/mol. The number of rotatable bonds is 3. The zero-order valence-corrected chi connectivity index (χ0v) is 9.10. The molecule has 1 amide bonds. The summed E-state index contributed by atoms with van der Waals surface area (Å²) >= 11 is 3.36. The van der Waals surface area contributed by atoms with Gasteiger partial charge in [-0.05, 0) is 23.6 Å². The lowest BCUT2D eigenvalue weighted by molar-refractivity contribution is 0.0999. The van der Waals surface area contributed by atoms with Gasteiger partial charge in [-0.2, -0.15) is 0 Å². The van der Waals surface area contributed by atoms with Crippen LogP contribution in [0.5, 0.6) is 0 Å². The molecule has 0 unspecified atom stereocenters. The lowest BCUT2D eigenvalue weighted by Gasteiger charge is -2.08. The number of aryl methyl sites for hydroxylation is 1. The number of halogens is 1. The molecule has 0 atom stereocenters. The van der Waals surface area contributed by atoms with Gasteiger partial charge in [0.15, 0.2) is 0 Å². The molecule has 0 saturated heterocycles. The summed E-state index contributed by atoms with van der Waals surface area (Å²) in [6.07, 6.45) is 0.919. The van der Waals surface area contributed by atoms with Gasteiger partial charge in [0, 0.05) is 10.9 Å². The van der Waals surface area contributed by atoms with Gasteiger partial charge in [-0.3, -0.25) is 4.79 Å². The Morgan fingerprint density at radius 3 is 2.69 bits per heavy atom. The first-order chi connectivity index (χ1) is 6.20. The van der Waals surface area contributed by atoms with Crippen LogP contribution in [-0.2, 0) is 11.8 Å².